The van der Waals surface area contributed by atoms with Crippen molar-refractivity contribution in [2.45, 2.75) is 0 Å². The number of nitrogens with one attached hydrogen (secondary N) is 1. The van der Waals surface area contributed by atoms with Crippen LogP contribution in [0.25, 0.3) is 11.3 Å². The number of rotatable bonds is 2. The van der Waals surface area contributed by atoms with Gasteiger partial charge in [-0.3, -0.25) is 4.79 Å². The molecule has 1 aliphatic heterocycles. The molecule has 3 aromatic rings. The summed E-state index contributed by atoms with van der Waals surface area (Å²) < 4.78 is 40.2. The fraction of sp³-hybridized carbons (Fsp3) is 0. The van der Waals surface area contributed by atoms with E-state index in [-0.39, 0.29) is 34.0 Å². The second-order valence-electron chi connectivity index (χ2n) is 5.48. The standard InChI is InChI=1S/C18H9F3N2O2/c19-10-6-9(7-11(20)14(10)21)16-13-12(17(24)23-16)15(22-18(13)25)8-4-2-1-3-5-8/h1-7,23-24H. The maximum Gasteiger partial charge on any atom is 0.280 e. The largest absolute Gasteiger partial charge is 0.494 e. The Morgan fingerprint density at radius 3 is 2.20 bits per heavy atom. The van der Waals surface area contributed by atoms with Gasteiger partial charge in [-0.1, -0.05) is 30.3 Å². The van der Waals surface area contributed by atoms with Crippen LogP contribution in [0.5, 0.6) is 5.88 Å². The molecule has 2 aromatic carbocycles. The number of aromatic amines is 1. The first-order valence-corrected chi connectivity index (χ1v) is 7.26. The molecule has 7 heteroatoms. The van der Waals surface area contributed by atoms with Gasteiger partial charge < -0.3 is 10.1 Å². The lowest BCUT2D eigenvalue weighted by atomic mass is 10.00. The maximum absolute atomic E-state index is 13.5. The van der Waals surface area contributed by atoms with Crippen molar-refractivity contribution in [3.05, 3.63) is 76.6 Å². The molecule has 0 saturated heterocycles. The van der Waals surface area contributed by atoms with E-state index in [0.29, 0.717) is 5.56 Å². The molecule has 25 heavy (non-hydrogen) atoms. The number of carbonyl (C=O) groups is 1. The summed E-state index contributed by atoms with van der Waals surface area (Å²) in [6.07, 6.45) is 0. The second-order valence-corrected chi connectivity index (χ2v) is 5.48. The minimum atomic E-state index is -1.61. The third kappa shape index (κ3) is 2.24. The van der Waals surface area contributed by atoms with Crippen LogP contribution in [0.1, 0.15) is 21.5 Å². The number of amides is 1. The number of aliphatic imine (C=N–C) groups is 1. The zero-order valence-corrected chi connectivity index (χ0v) is 12.5. The zero-order chi connectivity index (χ0) is 17.7. The van der Waals surface area contributed by atoms with E-state index in [0.717, 1.165) is 12.1 Å². The molecule has 0 fully saturated rings. The number of aromatic nitrogens is 1. The monoisotopic (exact) mass is 342 g/mol. The molecule has 4 rings (SSSR count). The van der Waals surface area contributed by atoms with Gasteiger partial charge in [0, 0.05) is 11.1 Å². The molecule has 1 aromatic heterocycles. The number of carbonyl (C=O) groups excluding carboxylic acids is 1. The highest BCUT2D eigenvalue weighted by Crippen LogP contribution is 2.38. The van der Waals surface area contributed by atoms with E-state index in [4.69, 9.17) is 0 Å². The van der Waals surface area contributed by atoms with Gasteiger partial charge in [0.1, 0.15) is 0 Å². The molecule has 1 aliphatic rings. The van der Waals surface area contributed by atoms with Crippen LogP contribution in [0.15, 0.2) is 47.5 Å². The predicted octanol–water partition coefficient (Wildman–Crippen LogP) is 3.80. The summed E-state index contributed by atoms with van der Waals surface area (Å²) in [5.41, 5.74) is 0.865. The number of hydrogen-bond acceptors (Lipinski definition) is 2. The lowest BCUT2D eigenvalue weighted by molar-refractivity contribution is 0.101. The predicted molar refractivity (Wildman–Crippen MR) is 84.2 cm³/mol. The van der Waals surface area contributed by atoms with Gasteiger partial charge in [-0.15, -0.1) is 0 Å². The van der Waals surface area contributed by atoms with E-state index in [1.54, 1.807) is 30.3 Å². The summed E-state index contributed by atoms with van der Waals surface area (Å²) in [5, 5.41) is 10.2. The molecule has 4 nitrogen and oxygen atoms in total. The number of hydrogen-bond donors (Lipinski definition) is 2. The Morgan fingerprint density at radius 2 is 1.56 bits per heavy atom. The highest BCUT2D eigenvalue weighted by Gasteiger charge is 2.33. The number of nitrogens with zero attached hydrogens (tertiary/aromatic N) is 1. The normalized spacial score (nSPS) is 13.1. The molecular weight excluding hydrogens is 333 g/mol. The third-order valence-electron chi connectivity index (χ3n) is 3.96. The Kier molecular flexibility index (Phi) is 3.24. The molecule has 2 N–H and O–H groups in total. The summed E-state index contributed by atoms with van der Waals surface area (Å²) in [7, 11) is 0. The number of H-pyrrole nitrogens is 1. The van der Waals surface area contributed by atoms with Crippen LogP contribution in [0.3, 0.4) is 0 Å². The van der Waals surface area contributed by atoms with Crippen molar-refractivity contribution in [3.63, 3.8) is 0 Å². The van der Waals surface area contributed by atoms with Gasteiger partial charge in [0.05, 0.1) is 22.5 Å². The van der Waals surface area contributed by atoms with Crippen molar-refractivity contribution in [1.82, 2.24) is 4.98 Å². The van der Waals surface area contributed by atoms with E-state index >= 15 is 0 Å². The third-order valence-corrected chi connectivity index (χ3v) is 3.96. The lowest BCUT2D eigenvalue weighted by Crippen LogP contribution is -1.99. The Balaban J connectivity index is 1.92. The first-order chi connectivity index (χ1) is 12.0. The summed E-state index contributed by atoms with van der Waals surface area (Å²) in [6, 6.07) is 10.2. The smallest absolute Gasteiger partial charge is 0.280 e. The highest BCUT2D eigenvalue weighted by atomic mass is 19.2. The Hall–Kier alpha value is -3.35. The van der Waals surface area contributed by atoms with Crippen molar-refractivity contribution in [1.29, 1.82) is 0 Å². The molecule has 0 saturated carbocycles. The molecule has 0 radical (unpaired) electrons. The average Bonchev–Trinajstić information content (AvgIpc) is 3.12. The van der Waals surface area contributed by atoms with E-state index in [9.17, 15) is 23.1 Å². The van der Waals surface area contributed by atoms with E-state index in [1.807, 2.05) is 0 Å². The fourth-order valence-corrected chi connectivity index (χ4v) is 2.87. The van der Waals surface area contributed by atoms with Crippen molar-refractivity contribution >= 4 is 11.6 Å². The summed E-state index contributed by atoms with van der Waals surface area (Å²) in [6.45, 7) is 0. The van der Waals surface area contributed by atoms with Crippen molar-refractivity contribution in [2.75, 3.05) is 0 Å². The van der Waals surface area contributed by atoms with Crippen molar-refractivity contribution in [2.24, 2.45) is 4.99 Å². The quantitative estimate of drug-likeness (QED) is 0.696. The Bertz CT molecular complexity index is 1030. The van der Waals surface area contributed by atoms with Crippen LogP contribution >= 0.6 is 0 Å². The summed E-state index contributed by atoms with van der Waals surface area (Å²) >= 11 is 0. The van der Waals surface area contributed by atoms with Crippen molar-refractivity contribution in [3.8, 4) is 17.1 Å². The number of halogens is 3. The number of benzene rings is 2. The summed E-state index contributed by atoms with van der Waals surface area (Å²) in [5.74, 6) is -5.42. The van der Waals surface area contributed by atoms with E-state index < -0.39 is 23.4 Å². The van der Waals surface area contributed by atoms with Gasteiger partial charge in [0.15, 0.2) is 23.3 Å². The molecular formula is C18H9F3N2O2. The molecule has 0 bridgehead atoms. The zero-order valence-electron chi connectivity index (χ0n) is 12.5. The highest BCUT2D eigenvalue weighted by molar-refractivity contribution is 6.30. The second kappa shape index (κ2) is 5.34. The van der Waals surface area contributed by atoms with Crippen LogP contribution in [0.2, 0.25) is 0 Å². The first kappa shape index (κ1) is 15.2. The van der Waals surface area contributed by atoms with E-state index in [1.165, 1.54) is 0 Å². The summed E-state index contributed by atoms with van der Waals surface area (Å²) in [4.78, 5) is 18.8. The molecule has 2 heterocycles. The van der Waals surface area contributed by atoms with Crippen LogP contribution in [-0.2, 0) is 0 Å². The maximum atomic E-state index is 13.5. The lowest BCUT2D eigenvalue weighted by Gasteiger charge is -2.03. The molecule has 0 aliphatic carbocycles. The Morgan fingerprint density at radius 1 is 0.920 bits per heavy atom. The van der Waals surface area contributed by atoms with Crippen LogP contribution in [-0.4, -0.2) is 21.7 Å². The van der Waals surface area contributed by atoms with Crippen LogP contribution < -0.4 is 0 Å². The first-order valence-electron chi connectivity index (χ1n) is 7.26. The number of aromatic hydroxyl groups is 1. The Labute approximate surface area is 139 Å². The number of fused-ring (bicyclic) bond motifs is 1. The topological polar surface area (TPSA) is 65.4 Å². The molecule has 124 valence electrons. The molecule has 0 atom stereocenters. The minimum absolute atomic E-state index is 0.0123. The van der Waals surface area contributed by atoms with Crippen LogP contribution in [0.4, 0.5) is 13.2 Å². The van der Waals surface area contributed by atoms with Gasteiger partial charge in [-0.2, -0.15) is 0 Å². The molecule has 0 unspecified atom stereocenters. The van der Waals surface area contributed by atoms with Crippen LogP contribution in [0, 0.1) is 17.5 Å². The molecule has 0 spiro atoms. The average molecular weight is 342 g/mol. The van der Waals surface area contributed by atoms with Gasteiger partial charge in [-0.25, -0.2) is 18.2 Å². The SMILES string of the molecule is O=C1N=C(c2ccccc2)c2c(O)[nH]c(-c3cc(F)c(F)c(F)c3)c21. The van der Waals surface area contributed by atoms with Crippen molar-refractivity contribution < 1.29 is 23.1 Å². The van der Waals surface area contributed by atoms with E-state index in [2.05, 4.69) is 9.98 Å². The van der Waals surface area contributed by atoms with Gasteiger partial charge in [0.2, 0.25) is 0 Å². The van der Waals surface area contributed by atoms with Gasteiger partial charge >= 0.3 is 0 Å². The van der Waals surface area contributed by atoms with Gasteiger partial charge in [-0.05, 0) is 12.1 Å². The van der Waals surface area contributed by atoms with Gasteiger partial charge in [0.25, 0.3) is 5.91 Å². The fourth-order valence-electron chi connectivity index (χ4n) is 2.87. The molecule has 1 amide bonds. The minimum Gasteiger partial charge on any atom is -0.494 e.